The van der Waals surface area contributed by atoms with Crippen molar-refractivity contribution in [2.75, 3.05) is 0 Å². The predicted molar refractivity (Wildman–Crippen MR) is 225 cm³/mol. The van der Waals surface area contributed by atoms with Gasteiger partial charge in [-0.1, -0.05) is 72.8 Å². The summed E-state index contributed by atoms with van der Waals surface area (Å²) in [6, 6.07) is 23.8. The first-order valence-corrected chi connectivity index (χ1v) is 29.0. The molecule has 0 aromatic heterocycles. The van der Waals surface area contributed by atoms with Gasteiger partial charge >= 0.3 is 177 Å². The molecule has 0 heterocycles. The van der Waals surface area contributed by atoms with Crippen LogP contribution < -0.4 is 199 Å². The van der Waals surface area contributed by atoms with Gasteiger partial charge in [0.25, 0.3) is 0 Å². The van der Waals surface area contributed by atoms with Crippen LogP contribution in [-0.2, 0) is 73.0 Å². The normalized spacial score (nSPS) is 11.9. The monoisotopic (exact) mass is 1160 g/mol. The van der Waals surface area contributed by atoms with E-state index in [0.717, 1.165) is 97.1 Å². The van der Waals surface area contributed by atoms with Gasteiger partial charge in [0.2, 0.25) is 0 Å². The molecule has 6 aromatic rings. The van der Waals surface area contributed by atoms with Crippen LogP contribution in [0.1, 0.15) is 11.1 Å². The number of hydrogen-bond donors (Lipinski definition) is 0. The zero-order valence-corrected chi connectivity index (χ0v) is 56.5. The molecule has 70 heavy (non-hydrogen) atoms. The van der Waals surface area contributed by atoms with Crippen LogP contribution in [0.5, 0.6) is 0 Å². The van der Waals surface area contributed by atoms with Crippen molar-refractivity contribution in [1.29, 1.82) is 0 Å². The van der Waals surface area contributed by atoms with Crippen molar-refractivity contribution >= 4 is 97.8 Å². The quantitative estimate of drug-likeness (QED) is 0.0523. The van der Waals surface area contributed by atoms with E-state index < -0.39 is 129 Å². The maximum atomic E-state index is 13.1. The first-order chi connectivity index (χ1) is 29.5. The molecule has 18 nitrogen and oxygen atoms in total. The van der Waals surface area contributed by atoms with E-state index in [0.29, 0.717) is 0 Å². The number of hydrogen-bond acceptors (Lipinski definition) is 18. The Labute approximate surface area is 541 Å². The van der Waals surface area contributed by atoms with Crippen molar-refractivity contribution in [2.24, 2.45) is 0 Å². The molecule has 0 saturated heterocycles. The molecule has 0 unspecified atom stereocenters. The SMILES string of the molecule is O=S(=O)([O-])c1cccc(P(Cc2c(-c3cccc(S(=O)(=O)[O-])c3CP(c3cccc(S(=O)(=O)[O-])c3)c3cccc(S(=O)(=O)[O-])c3)cccc2S(=O)(=O)[O-])c2cccc(S(=O)(=O)[O-])c2)c1.[Na+].[Na+].[Na+].[Na+].[Na+].[Na+]. The first-order valence-electron chi connectivity index (χ1n) is 17.5. The Morgan fingerprint density at radius 2 is 0.514 bits per heavy atom. The Hall–Kier alpha value is 1.64. The van der Waals surface area contributed by atoms with Crippen molar-refractivity contribution in [1.82, 2.24) is 0 Å². The van der Waals surface area contributed by atoms with Crippen LogP contribution in [0.4, 0.5) is 0 Å². The Morgan fingerprint density at radius 1 is 0.300 bits per heavy atom. The van der Waals surface area contributed by atoms with Gasteiger partial charge in [0.15, 0.2) is 0 Å². The van der Waals surface area contributed by atoms with E-state index in [-0.39, 0.29) is 210 Å². The van der Waals surface area contributed by atoms with Crippen molar-refractivity contribution in [3.05, 3.63) is 145 Å². The molecule has 0 bridgehead atoms. The van der Waals surface area contributed by atoms with Gasteiger partial charge in [0.1, 0.15) is 60.7 Å². The van der Waals surface area contributed by atoms with E-state index in [2.05, 4.69) is 0 Å². The Morgan fingerprint density at radius 3 is 0.714 bits per heavy atom. The van der Waals surface area contributed by atoms with Crippen LogP contribution >= 0.6 is 15.8 Å². The summed E-state index contributed by atoms with van der Waals surface area (Å²) < 4.78 is 224. The maximum absolute atomic E-state index is 13.1. The molecule has 6 aromatic carbocycles. The summed E-state index contributed by atoms with van der Waals surface area (Å²) in [7, 11) is -36.3. The van der Waals surface area contributed by atoms with Crippen LogP contribution in [0.3, 0.4) is 0 Å². The van der Waals surface area contributed by atoms with Gasteiger partial charge < -0.3 is 27.3 Å². The largest absolute Gasteiger partial charge is 1.00 e. The second-order valence-electron chi connectivity index (χ2n) is 13.5. The average Bonchev–Trinajstić information content (AvgIpc) is 3.20. The molecule has 0 atom stereocenters. The summed E-state index contributed by atoms with van der Waals surface area (Å²) >= 11 is 0. The summed E-state index contributed by atoms with van der Waals surface area (Å²) in [6.07, 6.45) is -1.27. The second-order valence-corrected chi connectivity index (χ2v) is 26.1. The maximum Gasteiger partial charge on any atom is 1.00 e. The third-order valence-corrected chi connectivity index (χ3v) is 19.4. The van der Waals surface area contributed by atoms with Gasteiger partial charge in [-0.25, -0.2) is 50.5 Å². The zero-order chi connectivity index (χ0) is 47.2. The molecule has 0 saturated carbocycles. The van der Waals surface area contributed by atoms with Gasteiger partial charge in [-0.15, -0.1) is 0 Å². The topological polar surface area (TPSA) is 343 Å². The fraction of sp³-hybridized carbons (Fsp3) is 0.0526. The molecule has 6 rings (SSSR count). The third-order valence-electron chi connectivity index (χ3n) is 9.40. The summed E-state index contributed by atoms with van der Waals surface area (Å²) in [6.45, 7) is 0. The second kappa shape index (κ2) is 28.5. The third kappa shape index (κ3) is 18.4. The van der Waals surface area contributed by atoms with E-state index in [1.54, 1.807) is 0 Å². The van der Waals surface area contributed by atoms with Crippen molar-refractivity contribution in [3.63, 3.8) is 0 Å². The van der Waals surface area contributed by atoms with Gasteiger partial charge in [0, 0.05) is 12.3 Å². The zero-order valence-electron chi connectivity index (χ0n) is 37.8. The standard InChI is InChI=1S/C38H32O18P2S6.6Na/c39-59(40,41)29-11-1-7-25(19-29)57(26-8-2-12-30(20-26)60(42,43)44)23-35-33(15-5-17-37(35)63(51,52)53)34-16-6-18-38(64(54,55)56)36(34)24-58(27-9-3-13-31(21-27)61(45,46)47)28-10-4-14-32(22-28)62(48,49)50;;;;;;/h1-22H,23-24H2,(H,39,40,41)(H,42,43,44)(H,45,46,47)(H,48,49,50)(H,51,52,53)(H,54,55,56);;;;;;/q;6*+1/p-6. The molecule has 338 valence electrons. The van der Waals surface area contributed by atoms with Crippen LogP contribution in [0.25, 0.3) is 11.1 Å². The predicted octanol–water partition coefficient (Wildman–Crippen LogP) is -15.9. The van der Waals surface area contributed by atoms with E-state index in [1.807, 2.05) is 0 Å². The van der Waals surface area contributed by atoms with Gasteiger partial charge in [-0.3, -0.25) is 0 Å². The fourth-order valence-electron chi connectivity index (χ4n) is 6.64. The summed E-state index contributed by atoms with van der Waals surface area (Å²) in [4.78, 5) is -4.90. The van der Waals surface area contributed by atoms with E-state index in [1.165, 1.54) is 36.4 Å². The molecule has 0 aliphatic rings. The number of benzene rings is 6. The first kappa shape index (κ1) is 71.6. The average molecular weight is 1160 g/mol. The van der Waals surface area contributed by atoms with Crippen LogP contribution in [0.15, 0.2) is 163 Å². The summed E-state index contributed by atoms with van der Waals surface area (Å²) in [5.41, 5.74) is -1.29. The Kier molecular flexibility index (Phi) is 29.2. The molecule has 0 radical (unpaired) electrons. The van der Waals surface area contributed by atoms with Crippen LogP contribution in [0.2, 0.25) is 0 Å². The van der Waals surface area contributed by atoms with Gasteiger partial charge in [-0.05, 0) is 120 Å². The molecule has 0 fully saturated rings. The molecule has 0 N–H and O–H groups in total. The molecule has 32 heteroatoms. The minimum absolute atomic E-state index is 0. The van der Waals surface area contributed by atoms with Crippen LogP contribution in [0, 0.1) is 0 Å². The van der Waals surface area contributed by atoms with Gasteiger partial charge in [-0.2, -0.15) is 0 Å². The van der Waals surface area contributed by atoms with Crippen LogP contribution in [-0.4, -0.2) is 77.8 Å². The van der Waals surface area contributed by atoms with E-state index in [9.17, 15) is 77.8 Å². The molecule has 0 aliphatic heterocycles. The fourth-order valence-corrected chi connectivity index (χ4v) is 15.6. The molecule has 0 spiro atoms. The van der Waals surface area contributed by atoms with E-state index >= 15 is 0 Å². The van der Waals surface area contributed by atoms with Gasteiger partial charge in [0.05, 0.1) is 29.4 Å². The molecular weight excluding hydrogens is 1140 g/mol. The number of rotatable bonds is 15. The Bertz CT molecular complexity index is 3170. The van der Waals surface area contributed by atoms with E-state index in [4.69, 9.17) is 0 Å². The molecular formula is C38H26Na6O18P2S6. The minimum atomic E-state index is -5.51. The van der Waals surface area contributed by atoms with Crippen molar-refractivity contribution in [3.8, 4) is 11.1 Å². The smallest absolute Gasteiger partial charge is 0.744 e. The van der Waals surface area contributed by atoms with Crippen molar-refractivity contribution < 1.29 is 255 Å². The molecule has 0 amide bonds. The summed E-state index contributed by atoms with van der Waals surface area (Å²) in [5, 5.41) is -0.0649. The van der Waals surface area contributed by atoms with Crippen molar-refractivity contribution in [2.45, 2.75) is 41.7 Å². The Balaban J connectivity index is 0.00000793. The molecule has 0 aliphatic carbocycles. The summed E-state index contributed by atoms with van der Waals surface area (Å²) in [5.74, 6) is 0. The minimum Gasteiger partial charge on any atom is -0.744 e.